The van der Waals surface area contributed by atoms with E-state index in [2.05, 4.69) is 20.7 Å². The number of hydrogen-bond acceptors (Lipinski definition) is 3. The molecule has 3 aromatic rings. The molecule has 2 N–H and O–H groups in total. The molecule has 2 aromatic carbocycles. The first kappa shape index (κ1) is 17.9. The van der Waals surface area contributed by atoms with Crippen molar-refractivity contribution in [2.24, 2.45) is 0 Å². The summed E-state index contributed by atoms with van der Waals surface area (Å²) in [5, 5.41) is 10.5. The molecular formula is C19H20ClN5O. The molecular weight excluding hydrogens is 350 g/mol. The van der Waals surface area contributed by atoms with Crippen LogP contribution in [0.4, 0.5) is 4.79 Å². The van der Waals surface area contributed by atoms with Gasteiger partial charge in [0, 0.05) is 11.6 Å². The number of aromatic nitrogens is 3. The zero-order valence-corrected chi connectivity index (χ0v) is 15.1. The summed E-state index contributed by atoms with van der Waals surface area (Å²) in [4.78, 5) is 16.1. The number of carbonyl (C=O) groups excluding carboxylic acids is 1. The minimum atomic E-state index is -0.237. The first-order chi connectivity index (χ1) is 12.6. The lowest BCUT2D eigenvalue weighted by Crippen LogP contribution is -2.36. The molecule has 0 saturated heterocycles. The van der Waals surface area contributed by atoms with Gasteiger partial charge >= 0.3 is 6.03 Å². The van der Waals surface area contributed by atoms with Gasteiger partial charge in [-0.15, -0.1) is 0 Å². The third-order valence-corrected chi connectivity index (χ3v) is 4.32. The highest BCUT2D eigenvalue weighted by Gasteiger charge is 2.11. The number of carbonyl (C=O) groups is 1. The second-order valence-electron chi connectivity index (χ2n) is 5.98. The Hall–Kier alpha value is -2.86. The van der Waals surface area contributed by atoms with Crippen molar-refractivity contribution >= 4 is 17.6 Å². The monoisotopic (exact) mass is 369 g/mol. The molecule has 1 aromatic heterocycles. The Morgan fingerprint density at radius 2 is 2.00 bits per heavy atom. The molecule has 134 valence electrons. The quantitative estimate of drug-likeness (QED) is 0.698. The second-order valence-corrected chi connectivity index (χ2v) is 6.39. The van der Waals surface area contributed by atoms with Crippen molar-refractivity contribution in [3.63, 3.8) is 0 Å². The Kier molecular flexibility index (Phi) is 5.86. The van der Waals surface area contributed by atoms with E-state index < -0.39 is 0 Å². The Labute approximate surface area is 157 Å². The number of hydrogen-bond donors (Lipinski definition) is 2. The van der Waals surface area contributed by atoms with Gasteiger partial charge in [-0.1, -0.05) is 54.1 Å². The average molecular weight is 370 g/mol. The van der Waals surface area contributed by atoms with Crippen LogP contribution in [0.3, 0.4) is 0 Å². The van der Waals surface area contributed by atoms with Crippen molar-refractivity contribution < 1.29 is 4.79 Å². The normalized spacial score (nSPS) is 11.8. The second kappa shape index (κ2) is 8.49. The highest BCUT2D eigenvalue weighted by atomic mass is 35.5. The van der Waals surface area contributed by atoms with Crippen molar-refractivity contribution in [3.05, 3.63) is 82.9 Å². The van der Waals surface area contributed by atoms with Crippen LogP contribution in [0.15, 0.2) is 61.2 Å². The number of rotatable bonds is 6. The van der Waals surface area contributed by atoms with Gasteiger partial charge in [0.15, 0.2) is 0 Å². The van der Waals surface area contributed by atoms with E-state index in [1.165, 1.54) is 6.33 Å². The zero-order chi connectivity index (χ0) is 18.4. The Morgan fingerprint density at radius 1 is 1.19 bits per heavy atom. The largest absolute Gasteiger partial charge is 0.334 e. The van der Waals surface area contributed by atoms with Crippen LogP contribution in [0.25, 0.3) is 0 Å². The fourth-order valence-electron chi connectivity index (χ4n) is 2.67. The molecule has 0 aliphatic heterocycles. The van der Waals surface area contributed by atoms with Crippen molar-refractivity contribution in [1.82, 2.24) is 25.4 Å². The number of benzene rings is 2. The number of nitrogens with zero attached hydrogens (tertiary/aromatic N) is 3. The van der Waals surface area contributed by atoms with Gasteiger partial charge in [0.1, 0.15) is 12.7 Å². The molecule has 1 unspecified atom stereocenters. The van der Waals surface area contributed by atoms with Gasteiger partial charge in [-0.2, -0.15) is 5.10 Å². The standard InChI is InChI=1S/C19H20ClN5O/c1-14(17-7-2-3-8-18(17)20)24-19(26)22-10-15-5-4-6-16(9-15)11-25-13-21-12-23-25/h2-9,12-14H,10-11H2,1H3,(H2,22,24,26). The summed E-state index contributed by atoms with van der Waals surface area (Å²) in [6.45, 7) is 2.98. The lowest BCUT2D eigenvalue weighted by molar-refractivity contribution is 0.237. The first-order valence-electron chi connectivity index (χ1n) is 8.31. The third kappa shape index (κ3) is 4.83. The minimum absolute atomic E-state index is 0.178. The summed E-state index contributed by atoms with van der Waals surface area (Å²) >= 11 is 6.17. The molecule has 7 heteroatoms. The lowest BCUT2D eigenvalue weighted by atomic mass is 10.1. The van der Waals surface area contributed by atoms with Crippen LogP contribution in [-0.4, -0.2) is 20.8 Å². The summed E-state index contributed by atoms with van der Waals surface area (Å²) < 4.78 is 1.75. The van der Waals surface area contributed by atoms with E-state index >= 15 is 0 Å². The van der Waals surface area contributed by atoms with Crippen molar-refractivity contribution in [1.29, 1.82) is 0 Å². The molecule has 0 radical (unpaired) electrons. The maximum Gasteiger partial charge on any atom is 0.315 e. The Bertz CT molecular complexity index is 866. The van der Waals surface area contributed by atoms with Crippen LogP contribution >= 0.6 is 11.6 Å². The molecule has 0 fully saturated rings. The van der Waals surface area contributed by atoms with Gasteiger partial charge in [-0.3, -0.25) is 0 Å². The lowest BCUT2D eigenvalue weighted by Gasteiger charge is -2.16. The zero-order valence-electron chi connectivity index (χ0n) is 14.4. The van der Waals surface area contributed by atoms with Crippen molar-refractivity contribution in [2.75, 3.05) is 0 Å². The smallest absolute Gasteiger partial charge is 0.315 e. The molecule has 1 heterocycles. The molecule has 0 bridgehead atoms. The molecule has 6 nitrogen and oxygen atoms in total. The van der Waals surface area contributed by atoms with Crippen LogP contribution in [0.2, 0.25) is 5.02 Å². The topological polar surface area (TPSA) is 71.8 Å². The van der Waals surface area contributed by atoms with E-state index in [1.807, 2.05) is 55.5 Å². The van der Waals surface area contributed by atoms with Gasteiger partial charge < -0.3 is 10.6 Å². The average Bonchev–Trinajstić information content (AvgIpc) is 3.13. The highest BCUT2D eigenvalue weighted by molar-refractivity contribution is 6.31. The summed E-state index contributed by atoms with van der Waals surface area (Å²) in [6, 6.07) is 15.1. The third-order valence-electron chi connectivity index (χ3n) is 3.97. The molecule has 0 aliphatic rings. The summed E-state index contributed by atoms with van der Waals surface area (Å²) in [6.07, 6.45) is 3.18. The van der Waals surface area contributed by atoms with E-state index in [0.717, 1.165) is 16.7 Å². The maximum absolute atomic E-state index is 12.2. The van der Waals surface area contributed by atoms with E-state index in [1.54, 1.807) is 11.0 Å². The molecule has 1 atom stereocenters. The number of nitrogens with one attached hydrogen (secondary N) is 2. The van der Waals surface area contributed by atoms with Crippen LogP contribution < -0.4 is 10.6 Å². The van der Waals surface area contributed by atoms with Crippen LogP contribution in [0, 0.1) is 0 Å². The molecule has 2 amide bonds. The van der Waals surface area contributed by atoms with E-state index in [-0.39, 0.29) is 12.1 Å². The van der Waals surface area contributed by atoms with Gasteiger partial charge in [0.25, 0.3) is 0 Å². The van der Waals surface area contributed by atoms with Crippen LogP contribution in [0.1, 0.15) is 29.7 Å². The van der Waals surface area contributed by atoms with Crippen molar-refractivity contribution in [2.45, 2.75) is 26.1 Å². The Balaban J connectivity index is 1.53. The molecule has 26 heavy (non-hydrogen) atoms. The predicted molar refractivity (Wildman–Crippen MR) is 101 cm³/mol. The molecule has 0 aliphatic carbocycles. The number of urea groups is 1. The van der Waals surface area contributed by atoms with Crippen LogP contribution in [-0.2, 0) is 13.1 Å². The van der Waals surface area contributed by atoms with Crippen molar-refractivity contribution in [3.8, 4) is 0 Å². The first-order valence-corrected chi connectivity index (χ1v) is 8.68. The van der Waals surface area contributed by atoms with Gasteiger partial charge in [0.05, 0.1) is 12.6 Å². The maximum atomic E-state index is 12.2. The molecule has 3 rings (SSSR count). The summed E-state index contributed by atoms with van der Waals surface area (Å²) in [5.74, 6) is 0. The highest BCUT2D eigenvalue weighted by Crippen LogP contribution is 2.21. The number of halogens is 1. The fourth-order valence-corrected chi connectivity index (χ4v) is 2.97. The number of amides is 2. The summed E-state index contributed by atoms with van der Waals surface area (Å²) in [5.41, 5.74) is 3.00. The van der Waals surface area contributed by atoms with Gasteiger partial charge in [-0.25, -0.2) is 14.5 Å². The van der Waals surface area contributed by atoms with Gasteiger partial charge in [-0.05, 0) is 29.7 Å². The predicted octanol–water partition coefficient (Wildman–Crippen LogP) is 3.54. The summed E-state index contributed by atoms with van der Waals surface area (Å²) in [7, 11) is 0. The van der Waals surface area contributed by atoms with E-state index in [4.69, 9.17) is 11.6 Å². The van der Waals surface area contributed by atoms with E-state index in [0.29, 0.717) is 18.1 Å². The van der Waals surface area contributed by atoms with Gasteiger partial charge in [0.2, 0.25) is 0 Å². The fraction of sp³-hybridized carbons (Fsp3) is 0.211. The molecule has 0 saturated carbocycles. The Morgan fingerprint density at radius 3 is 2.77 bits per heavy atom. The van der Waals surface area contributed by atoms with E-state index in [9.17, 15) is 4.79 Å². The minimum Gasteiger partial charge on any atom is -0.334 e. The SMILES string of the molecule is CC(NC(=O)NCc1cccc(Cn2cncn2)c1)c1ccccc1Cl. The molecule has 0 spiro atoms. The van der Waals surface area contributed by atoms with Crippen LogP contribution in [0.5, 0.6) is 0 Å².